The van der Waals surface area contributed by atoms with Gasteiger partial charge in [0.15, 0.2) is 5.11 Å². The Labute approximate surface area is 147 Å². The normalized spacial score (nSPS) is 11.2. The maximum Gasteiger partial charge on any atom is 0.191 e. The molecule has 0 saturated heterocycles. The molecule has 0 radical (unpaired) electrons. The molecule has 0 fully saturated rings. The molecule has 0 spiro atoms. The highest BCUT2D eigenvalue weighted by molar-refractivity contribution is 7.80. The Hall–Kier alpha value is -1.91. The highest BCUT2D eigenvalue weighted by atomic mass is 35.5. The molecule has 120 valence electrons. The Morgan fingerprint density at radius 2 is 1.87 bits per heavy atom. The summed E-state index contributed by atoms with van der Waals surface area (Å²) in [5, 5.41) is 8.74. The van der Waals surface area contributed by atoms with Crippen LogP contribution in [0.1, 0.15) is 30.9 Å². The number of hydrogen-bond acceptors (Lipinski definition) is 2. The van der Waals surface area contributed by atoms with Crippen molar-refractivity contribution in [3.05, 3.63) is 64.7 Å². The maximum absolute atomic E-state index is 6.11. The molecule has 0 aliphatic carbocycles. The summed E-state index contributed by atoms with van der Waals surface area (Å²) in [5.74, 6) is 0. The van der Waals surface area contributed by atoms with Crippen LogP contribution in [0.4, 0.5) is 5.69 Å². The van der Waals surface area contributed by atoms with E-state index in [4.69, 9.17) is 23.8 Å². The van der Waals surface area contributed by atoms with E-state index in [0.717, 1.165) is 35.4 Å². The number of halogens is 1. The fourth-order valence-corrected chi connectivity index (χ4v) is 2.47. The van der Waals surface area contributed by atoms with Crippen LogP contribution in [0, 0.1) is 6.92 Å². The van der Waals surface area contributed by atoms with Gasteiger partial charge in [-0.1, -0.05) is 61.3 Å². The molecule has 0 saturated carbocycles. The Kier molecular flexibility index (Phi) is 6.56. The Morgan fingerprint density at radius 3 is 2.57 bits per heavy atom. The van der Waals surface area contributed by atoms with E-state index in [0.29, 0.717) is 10.1 Å². The molecule has 23 heavy (non-hydrogen) atoms. The van der Waals surface area contributed by atoms with Gasteiger partial charge in [0.2, 0.25) is 0 Å². The number of rotatable bonds is 5. The molecule has 3 nitrogen and oxygen atoms in total. The number of hydrogen-bond donors (Lipinski definition) is 2. The molecule has 0 aromatic heterocycles. The van der Waals surface area contributed by atoms with E-state index in [9.17, 15) is 0 Å². The van der Waals surface area contributed by atoms with E-state index >= 15 is 0 Å². The van der Waals surface area contributed by atoms with Crippen molar-refractivity contribution < 1.29 is 0 Å². The second-order valence-corrected chi connectivity index (χ2v) is 5.97. The first kappa shape index (κ1) is 17.4. The van der Waals surface area contributed by atoms with E-state index in [1.165, 1.54) is 0 Å². The first-order chi connectivity index (χ1) is 11.1. The van der Waals surface area contributed by atoms with Crippen molar-refractivity contribution in [1.29, 1.82) is 0 Å². The summed E-state index contributed by atoms with van der Waals surface area (Å²) in [6, 6.07) is 15.8. The highest BCUT2D eigenvalue weighted by Crippen LogP contribution is 2.22. The summed E-state index contributed by atoms with van der Waals surface area (Å²) in [6.45, 7) is 4.08. The van der Waals surface area contributed by atoms with Gasteiger partial charge in [0.05, 0.1) is 5.71 Å². The van der Waals surface area contributed by atoms with Crippen molar-refractivity contribution in [2.24, 2.45) is 5.10 Å². The fourth-order valence-electron chi connectivity index (χ4n) is 2.14. The minimum Gasteiger partial charge on any atom is -0.331 e. The lowest BCUT2D eigenvalue weighted by molar-refractivity contribution is 0.954. The minimum absolute atomic E-state index is 0.444. The number of hydrazone groups is 1. The highest BCUT2D eigenvalue weighted by Gasteiger charge is 2.05. The molecule has 0 aliphatic heterocycles. The molecular formula is C18H20ClN3S. The lowest BCUT2D eigenvalue weighted by Gasteiger charge is -2.12. The van der Waals surface area contributed by atoms with Crippen LogP contribution in [0.15, 0.2) is 53.6 Å². The van der Waals surface area contributed by atoms with Gasteiger partial charge in [-0.15, -0.1) is 0 Å². The predicted molar refractivity (Wildman–Crippen MR) is 103 cm³/mol. The molecule has 2 aromatic rings. The van der Waals surface area contributed by atoms with E-state index < -0.39 is 0 Å². The minimum atomic E-state index is 0.444. The number of anilines is 1. The zero-order chi connectivity index (χ0) is 16.7. The van der Waals surface area contributed by atoms with Gasteiger partial charge in [-0.2, -0.15) is 5.10 Å². The molecule has 0 amide bonds. The van der Waals surface area contributed by atoms with Crippen molar-refractivity contribution in [2.45, 2.75) is 26.7 Å². The Bertz CT molecular complexity index is 699. The maximum atomic E-state index is 6.11. The number of nitrogens with one attached hydrogen (secondary N) is 2. The third-order valence-electron chi connectivity index (χ3n) is 3.40. The molecule has 0 heterocycles. The molecule has 2 N–H and O–H groups in total. The standard InChI is InChI=1S/C18H20ClN3S/c1-3-8-17(14-9-5-4-6-10-14)21-22-18(23)20-16-12-7-11-15(19)13(16)2/h4-7,9-12H,3,8H2,1-2H3,(H2,20,22,23)/b21-17+. The van der Waals surface area contributed by atoms with Crippen molar-refractivity contribution in [3.63, 3.8) is 0 Å². The lowest BCUT2D eigenvalue weighted by Crippen LogP contribution is -2.25. The second-order valence-electron chi connectivity index (χ2n) is 5.15. The Balaban J connectivity index is 2.07. The van der Waals surface area contributed by atoms with Crippen LogP contribution in [0.5, 0.6) is 0 Å². The summed E-state index contributed by atoms with van der Waals surface area (Å²) in [4.78, 5) is 0. The third kappa shape index (κ3) is 5.05. The zero-order valence-corrected chi connectivity index (χ0v) is 14.8. The Morgan fingerprint density at radius 1 is 1.13 bits per heavy atom. The van der Waals surface area contributed by atoms with Crippen LogP contribution in [0.3, 0.4) is 0 Å². The summed E-state index contributed by atoms with van der Waals surface area (Å²) >= 11 is 11.4. The largest absolute Gasteiger partial charge is 0.331 e. The van der Waals surface area contributed by atoms with E-state index in [-0.39, 0.29) is 0 Å². The van der Waals surface area contributed by atoms with E-state index in [1.54, 1.807) is 0 Å². The van der Waals surface area contributed by atoms with Crippen molar-refractivity contribution >= 4 is 40.3 Å². The zero-order valence-electron chi connectivity index (χ0n) is 13.3. The van der Waals surface area contributed by atoms with Gasteiger partial charge in [-0.3, -0.25) is 5.43 Å². The van der Waals surface area contributed by atoms with Crippen LogP contribution in [0.2, 0.25) is 5.02 Å². The van der Waals surface area contributed by atoms with E-state index in [1.807, 2.05) is 55.5 Å². The number of nitrogens with zero attached hydrogens (tertiary/aromatic N) is 1. The monoisotopic (exact) mass is 345 g/mol. The smallest absolute Gasteiger partial charge is 0.191 e. The summed E-state index contributed by atoms with van der Waals surface area (Å²) in [6.07, 6.45) is 1.90. The van der Waals surface area contributed by atoms with Gasteiger partial charge >= 0.3 is 0 Å². The first-order valence-corrected chi connectivity index (χ1v) is 8.34. The van der Waals surface area contributed by atoms with Crippen molar-refractivity contribution in [2.75, 3.05) is 5.32 Å². The van der Waals surface area contributed by atoms with Gasteiger partial charge in [0, 0.05) is 10.7 Å². The quantitative estimate of drug-likeness (QED) is 0.447. The van der Waals surface area contributed by atoms with Gasteiger partial charge in [-0.25, -0.2) is 0 Å². The molecular weight excluding hydrogens is 326 g/mol. The summed E-state index contributed by atoms with van der Waals surface area (Å²) in [5.41, 5.74) is 6.85. The molecule has 0 unspecified atom stereocenters. The average Bonchev–Trinajstić information content (AvgIpc) is 2.56. The molecule has 2 aromatic carbocycles. The van der Waals surface area contributed by atoms with Gasteiger partial charge in [0.1, 0.15) is 0 Å². The predicted octanol–water partition coefficient (Wildman–Crippen LogP) is 5.14. The van der Waals surface area contributed by atoms with Gasteiger partial charge < -0.3 is 5.32 Å². The van der Waals surface area contributed by atoms with Crippen molar-refractivity contribution in [1.82, 2.24) is 5.43 Å². The first-order valence-electron chi connectivity index (χ1n) is 7.56. The van der Waals surface area contributed by atoms with Gasteiger partial charge in [0.25, 0.3) is 0 Å². The number of benzene rings is 2. The molecule has 5 heteroatoms. The number of thiocarbonyl (C=S) groups is 1. The summed E-state index contributed by atoms with van der Waals surface area (Å²) in [7, 11) is 0. The van der Waals surface area contributed by atoms with Crippen molar-refractivity contribution in [3.8, 4) is 0 Å². The third-order valence-corrected chi connectivity index (χ3v) is 4.00. The summed E-state index contributed by atoms with van der Waals surface area (Å²) < 4.78 is 0. The van der Waals surface area contributed by atoms with Crippen LogP contribution in [-0.4, -0.2) is 10.8 Å². The lowest BCUT2D eigenvalue weighted by atomic mass is 10.1. The molecule has 2 rings (SSSR count). The fraction of sp³-hybridized carbons (Fsp3) is 0.222. The van der Waals surface area contributed by atoms with Crippen LogP contribution >= 0.6 is 23.8 Å². The molecule has 0 bridgehead atoms. The molecule has 0 atom stereocenters. The SMILES string of the molecule is CCC/C(=N\NC(=S)Nc1cccc(Cl)c1C)c1ccccc1. The average molecular weight is 346 g/mol. The second kappa shape index (κ2) is 8.65. The van der Waals surface area contributed by atoms with E-state index in [2.05, 4.69) is 22.8 Å². The van der Waals surface area contributed by atoms with Crippen LogP contribution in [-0.2, 0) is 0 Å². The topological polar surface area (TPSA) is 36.4 Å². The van der Waals surface area contributed by atoms with Crippen LogP contribution in [0.25, 0.3) is 0 Å². The van der Waals surface area contributed by atoms with Crippen LogP contribution < -0.4 is 10.7 Å². The molecule has 0 aliphatic rings. The van der Waals surface area contributed by atoms with Gasteiger partial charge in [-0.05, 0) is 48.8 Å².